The van der Waals surface area contributed by atoms with E-state index < -0.39 is 0 Å². The van der Waals surface area contributed by atoms with Gasteiger partial charge in [-0.15, -0.1) is 0 Å². The van der Waals surface area contributed by atoms with Gasteiger partial charge in [-0.3, -0.25) is 0 Å². The van der Waals surface area contributed by atoms with Crippen LogP contribution in [0.4, 0.5) is 0 Å². The van der Waals surface area contributed by atoms with E-state index in [2.05, 4.69) is 26.0 Å². The van der Waals surface area contributed by atoms with Crippen LogP contribution in [0.25, 0.3) is 0 Å². The number of nitrogens with one attached hydrogen (secondary N) is 1. The van der Waals surface area contributed by atoms with Crippen molar-refractivity contribution in [1.82, 2.24) is 0 Å². The Labute approximate surface area is 136 Å². The predicted molar refractivity (Wildman–Crippen MR) is 99.8 cm³/mol. The second kappa shape index (κ2) is 12.6. The molecular weight excluding hydrogens is 266 g/mol. The van der Waals surface area contributed by atoms with Crippen molar-refractivity contribution in [3.05, 3.63) is 83.4 Å². The fourth-order valence-electron chi connectivity index (χ4n) is 1.85. The van der Waals surface area contributed by atoms with Crippen molar-refractivity contribution < 1.29 is 0 Å². The van der Waals surface area contributed by atoms with Crippen molar-refractivity contribution in [1.29, 1.82) is 5.41 Å². The van der Waals surface area contributed by atoms with Gasteiger partial charge >= 0.3 is 0 Å². The minimum atomic E-state index is 0.644. The maximum absolute atomic E-state index is 7.92. The lowest BCUT2D eigenvalue weighted by molar-refractivity contribution is 1.15. The summed E-state index contributed by atoms with van der Waals surface area (Å²) in [6.45, 7) is 10.1. The zero-order valence-electron chi connectivity index (χ0n) is 14.6. The molecular formula is C21H29N. The molecule has 0 atom stereocenters. The summed E-state index contributed by atoms with van der Waals surface area (Å²) in [5.74, 6) is 0. The topological polar surface area (TPSA) is 23.9 Å². The van der Waals surface area contributed by atoms with Gasteiger partial charge in [0.15, 0.2) is 0 Å². The Balaban J connectivity index is 0.000000412. The van der Waals surface area contributed by atoms with Crippen LogP contribution in [0.2, 0.25) is 0 Å². The van der Waals surface area contributed by atoms with Gasteiger partial charge in [0.05, 0.1) is 5.71 Å². The average Bonchev–Trinajstić information content (AvgIpc) is 2.60. The Hall–Kier alpha value is -2.15. The lowest BCUT2D eigenvalue weighted by Crippen LogP contribution is -2.01. The summed E-state index contributed by atoms with van der Waals surface area (Å²) in [4.78, 5) is 0. The van der Waals surface area contributed by atoms with Crippen LogP contribution in [-0.2, 0) is 0 Å². The Morgan fingerprint density at radius 2 is 1.36 bits per heavy atom. The highest BCUT2D eigenvalue weighted by molar-refractivity contribution is 6.10. The molecule has 2 aromatic rings. The zero-order chi connectivity index (χ0) is 16.8. The van der Waals surface area contributed by atoms with Gasteiger partial charge in [-0.25, -0.2) is 0 Å². The third-order valence-electron chi connectivity index (χ3n) is 3.05. The van der Waals surface area contributed by atoms with Gasteiger partial charge in [-0.05, 0) is 31.4 Å². The monoisotopic (exact) mass is 295 g/mol. The second-order valence-corrected chi connectivity index (χ2v) is 4.56. The molecule has 0 aliphatic carbocycles. The van der Waals surface area contributed by atoms with E-state index in [4.69, 9.17) is 5.41 Å². The Morgan fingerprint density at radius 1 is 0.909 bits per heavy atom. The second-order valence-electron chi connectivity index (χ2n) is 4.56. The van der Waals surface area contributed by atoms with Gasteiger partial charge in [0.1, 0.15) is 0 Å². The van der Waals surface area contributed by atoms with Crippen LogP contribution in [0.3, 0.4) is 0 Å². The minimum absolute atomic E-state index is 0.644. The molecule has 0 radical (unpaired) electrons. The normalized spacial score (nSPS) is 9.77. The van der Waals surface area contributed by atoms with Crippen molar-refractivity contribution in [2.45, 2.75) is 41.0 Å². The molecule has 0 heterocycles. The summed E-state index contributed by atoms with van der Waals surface area (Å²) in [7, 11) is 0. The fraction of sp³-hybridized carbons (Fsp3) is 0.286. The highest BCUT2D eigenvalue weighted by Crippen LogP contribution is 2.10. The lowest BCUT2D eigenvalue weighted by atomic mass is 10.0. The van der Waals surface area contributed by atoms with E-state index in [-0.39, 0.29) is 0 Å². The van der Waals surface area contributed by atoms with Crippen molar-refractivity contribution >= 4 is 5.71 Å². The summed E-state index contributed by atoms with van der Waals surface area (Å²) in [5.41, 5.74) is 4.07. The van der Waals surface area contributed by atoms with Crippen molar-refractivity contribution in [2.75, 3.05) is 0 Å². The summed E-state index contributed by atoms with van der Waals surface area (Å²) < 4.78 is 0. The van der Waals surface area contributed by atoms with E-state index in [1.54, 1.807) is 0 Å². The molecule has 0 spiro atoms. The molecule has 1 heteroatoms. The Kier molecular flexibility index (Phi) is 11.4. The third-order valence-corrected chi connectivity index (χ3v) is 3.05. The molecule has 0 aliphatic rings. The number of aryl methyl sites for hydroxylation is 1. The van der Waals surface area contributed by atoms with E-state index in [0.29, 0.717) is 5.71 Å². The predicted octanol–water partition coefficient (Wildman–Crippen LogP) is 6.43. The smallest absolute Gasteiger partial charge is 0.0640 e. The van der Waals surface area contributed by atoms with Gasteiger partial charge < -0.3 is 5.41 Å². The third kappa shape index (κ3) is 7.58. The van der Waals surface area contributed by atoms with Crippen molar-refractivity contribution in [3.63, 3.8) is 0 Å². The maximum Gasteiger partial charge on any atom is 0.0640 e. The SMILES string of the molecule is C/C=C(/CC)C(=N)c1ccccc1.CC.Cc1ccccc1. The minimum Gasteiger partial charge on any atom is -0.300 e. The van der Waals surface area contributed by atoms with Crippen LogP contribution >= 0.6 is 0 Å². The number of benzene rings is 2. The molecule has 1 N–H and O–H groups in total. The van der Waals surface area contributed by atoms with E-state index in [1.165, 1.54) is 5.56 Å². The van der Waals surface area contributed by atoms with Gasteiger partial charge in [0.25, 0.3) is 0 Å². The molecule has 0 aromatic heterocycles. The molecule has 0 fully saturated rings. The van der Waals surface area contributed by atoms with Crippen LogP contribution in [-0.4, -0.2) is 5.71 Å². The van der Waals surface area contributed by atoms with Gasteiger partial charge in [-0.1, -0.05) is 93.1 Å². The molecule has 0 amide bonds. The zero-order valence-corrected chi connectivity index (χ0v) is 14.6. The number of rotatable bonds is 3. The summed E-state index contributed by atoms with van der Waals surface area (Å²) in [5, 5.41) is 7.92. The fourth-order valence-corrected chi connectivity index (χ4v) is 1.85. The summed E-state index contributed by atoms with van der Waals surface area (Å²) in [6.07, 6.45) is 2.93. The van der Waals surface area contributed by atoms with Gasteiger partial charge in [0, 0.05) is 0 Å². The molecule has 0 bridgehead atoms. The van der Waals surface area contributed by atoms with Crippen LogP contribution < -0.4 is 0 Å². The molecule has 2 rings (SSSR count). The largest absolute Gasteiger partial charge is 0.300 e. The van der Waals surface area contributed by atoms with Gasteiger partial charge in [-0.2, -0.15) is 0 Å². The standard InChI is InChI=1S/C12H15N.C7H8.C2H6/c1-3-10(4-2)12(13)11-8-6-5-7-9-11;1-7-5-3-2-4-6-7;1-2/h3,5-9,13H,4H2,1-2H3;2-6H,1H3;1-2H3/b10-3-,13-12?;;. The van der Waals surface area contributed by atoms with Crippen LogP contribution in [0.15, 0.2) is 72.3 Å². The van der Waals surface area contributed by atoms with E-state index in [1.807, 2.05) is 75.4 Å². The molecule has 22 heavy (non-hydrogen) atoms. The highest BCUT2D eigenvalue weighted by atomic mass is 14.4. The quantitative estimate of drug-likeness (QED) is 0.631. The average molecular weight is 295 g/mol. The number of allylic oxidation sites excluding steroid dienone is 2. The number of hydrogen-bond acceptors (Lipinski definition) is 1. The summed E-state index contributed by atoms with van der Waals surface area (Å²) >= 11 is 0. The molecule has 1 nitrogen and oxygen atoms in total. The van der Waals surface area contributed by atoms with Gasteiger partial charge in [0.2, 0.25) is 0 Å². The first kappa shape index (κ1) is 19.9. The first-order chi connectivity index (χ1) is 10.7. The van der Waals surface area contributed by atoms with Crippen molar-refractivity contribution in [2.24, 2.45) is 0 Å². The van der Waals surface area contributed by atoms with Crippen LogP contribution in [0.5, 0.6) is 0 Å². The maximum atomic E-state index is 7.92. The first-order valence-electron chi connectivity index (χ1n) is 8.00. The Bertz CT molecular complexity index is 539. The highest BCUT2D eigenvalue weighted by Gasteiger charge is 2.03. The molecule has 0 saturated carbocycles. The van der Waals surface area contributed by atoms with E-state index in [0.717, 1.165) is 17.6 Å². The Morgan fingerprint density at radius 3 is 1.68 bits per heavy atom. The molecule has 2 aromatic carbocycles. The molecule has 0 unspecified atom stereocenters. The number of hydrogen-bond donors (Lipinski definition) is 1. The lowest BCUT2D eigenvalue weighted by Gasteiger charge is -2.05. The molecule has 0 saturated heterocycles. The molecule has 118 valence electrons. The van der Waals surface area contributed by atoms with E-state index >= 15 is 0 Å². The van der Waals surface area contributed by atoms with Crippen LogP contribution in [0, 0.1) is 12.3 Å². The summed E-state index contributed by atoms with van der Waals surface area (Å²) in [6, 6.07) is 20.1. The molecule has 0 aliphatic heterocycles. The van der Waals surface area contributed by atoms with E-state index in [9.17, 15) is 0 Å². The van der Waals surface area contributed by atoms with Crippen LogP contribution in [0.1, 0.15) is 45.2 Å². The first-order valence-corrected chi connectivity index (χ1v) is 8.00. The van der Waals surface area contributed by atoms with Crippen molar-refractivity contribution in [3.8, 4) is 0 Å².